The fourth-order valence-electron chi connectivity index (χ4n) is 5.93. The Labute approximate surface area is 288 Å². The second-order valence-corrected chi connectivity index (χ2v) is 12.6. The molecule has 5 rings (SSSR count). The maximum Gasteiger partial charge on any atom is 0.408 e. The van der Waals surface area contributed by atoms with Gasteiger partial charge in [0.15, 0.2) is 11.9 Å². The number of methoxy groups -OCH3 is 1. The van der Waals surface area contributed by atoms with Crippen molar-refractivity contribution in [1.82, 2.24) is 29.9 Å². The molecule has 2 aliphatic rings. The van der Waals surface area contributed by atoms with Crippen LogP contribution in [0.15, 0.2) is 55.4 Å². The summed E-state index contributed by atoms with van der Waals surface area (Å²) < 4.78 is 50.9. The maximum absolute atomic E-state index is 13.6. The van der Waals surface area contributed by atoms with Gasteiger partial charge in [0.25, 0.3) is 11.8 Å². The fraction of sp³-hybridized carbons (Fsp3) is 0.457. The Morgan fingerprint density at radius 1 is 1.12 bits per heavy atom. The van der Waals surface area contributed by atoms with E-state index in [4.69, 9.17) is 14.5 Å². The first-order chi connectivity index (χ1) is 23.8. The van der Waals surface area contributed by atoms with E-state index in [1.807, 2.05) is 25.3 Å². The van der Waals surface area contributed by atoms with E-state index in [2.05, 4.69) is 27.2 Å². The summed E-state index contributed by atoms with van der Waals surface area (Å²) in [6.07, 6.45) is 1.44. The van der Waals surface area contributed by atoms with Gasteiger partial charge in [0.1, 0.15) is 12.3 Å². The molecule has 2 aromatic heterocycles. The van der Waals surface area contributed by atoms with E-state index in [0.29, 0.717) is 48.0 Å². The van der Waals surface area contributed by atoms with E-state index in [-0.39, 0.29) is 47.8 Å². The van der Waals surface area contributed by atoms with Crippen molar-refractivity contribution in [2.45, 2.75) is 57.5 Å². The maximum atomic E-state index is 13.6. The van der Waals surface area contributed by atoms with Crippen LogP contribution in [0.3, 0.4) is 0 Å². The normalized spacial score (nSPS) is 17.2. The quantitative estimate of drug-likeness (QED) is 0.186. The molecule has 1 aliphatic carbocycles. The molecule has 1 saturated carbocycles. The summed E-state index contributed by atoms with van der Waals surface area (Å²) in [6.45, 7) is 8.49. The Kier molecular flexibility index (Phi) is 11.6. The highest BCUT2D eigenvalue weighted by Crippen LogP contribution is 2.40. The summed E-state index contributed by atoms with van der Waals surface area (Å²) in [5.41, 5.74) is 2.46. The number of aryl methyl sites for hydroxylation is 1. The smallest absolute Gasteiger partial charge is 0.408 e. The molecule has 1 saturated heterocycles. The van der Waals surface area contributed by atoms with E-state index >= 15 is 0 Å². The lowest BCUT2D eigenvalue weighted by Crippen LogP contribution is -2.54. The summed E-state index contributed by atoms with van der Waals surface area (Å²) in [6, 6.07) is 8.17. The average Bonchev–Trinajstić information content (AvgIpc) is 3.84. The fourth-order valence-corrected chi connectivity index (χ4v) is 5.93. The third kappa shape index (κ3) is 9.47. The Balaban J connectivity index is 1.43. The zero-order valence-electron chi connectivity index (χ0n) is 28.3. The van der Waals surface area contributed by atoms with Crippen molar-refractivity contribution in [1.29, 1.82) is 0 Å². The van der Waals surface area contributed by atoms with Crippen LogP contribution in [0.2, 0.25) is 0 Å². The summed E-state index contributed by atoms with van der Waals surface area (Å²) in [4.78, 5) is 48.0. The van der Waals surface area contributed by atoms with Crippen LogP contribution in [0, 0.1) is 6.92 Å². The number of nitrogens with one attached hydrogen (secondary N) is 2. The van der Waals surface area contributed by atoms with Crippen LogP contribution in [-0.4, -0.2) is 101 Å². The Bertz CT molecular complexity index is 1690. The molecule has 2 fully saturated rings. The summed E-state index contributed by atoms with van der Waals surface area (Å²) in [5.74, 6) is -0.645. The molecule has 3 amide bonds. The summed E-state index contributed by atoms with van der Waals surface area (Å²) in [5, 5.41) is 9.10. The molecule has 2 N–H and O–H groups in total. The topological polar surface area (TPSA) is 131 Å². The average molecular weight is 698 g/mol. The van der Waals surface area contributed by atoms with Crippen molar-refractivity contribution in [3.63, 3.8) is 0 Å². The van der Waals surface area contributed by atoms with Gasteiger partial charge in [-0.05, 0) is 68.0 Å². The number of aromatic nitrogens is 3. The minimum atomic E-state index is -4.48. The lowest BCUT2D eigenvalue weighted by molar-refractivity contribution is -0.142. The van der Waals surface area contributed by atoms with Crippen LogP contribution in [0.1, 0.15) is 69.3 Å². The van der Waals surface area contributed by atoms with Crippen LogP contribution >= 0.6 is 0 Å². The van der Waals surface area contributed by atoms with Gasteiger partial charge in [-0.3, -0.25) is 28.9 Å². The minimum absolute atomic E-state index is 0.0675. The molecule has 0 radical (unpaired) electrons. The van der Waals surface area contributed by atoms with Crippen LogP contribution in [0.4, 0.5) is 19.0 Å². The van der Waals surface area contributed by atoms with Crippen molar-refractivity contribution < 1.29 is 37.0 Å². The van der Waals surface area contributed by atoms with Crippen molar-refractivity contribution in [2.75, 3.05) is 51.8 Å². The highest BCUT2D eigenvalue weighted by Gasteiger charge is 2.31. The summed E-state index contributed by atoms with van der Waals surface area (Å²) in [7, 11) is 1.51. The molecule has 12 nitrogen and oxygen atoms in total. The van der Waals surface area contributed by atoms with E-state index in [1.165, 1.54) is 25.3 Å². The predicted molar refractivity (Wildman–Crippen MR) is 179 cm³/mol. The molecule has 0 bridgehead atoms. The van der Waals surface area contributed by atoms with Crippen molar-refractivity contribution in [2.24, 2.45) is 0 Å². The first kappa shape index (κ1) is 36.5. The third-order valence-electron chi connectivity index (χ3n) is 8.68. The molecule has 3 heterocycles. The number of hydrogen-bond acceptors (Lipinski definition) is 8. The van der Waals surface area contributed by atoms with Crippen LogP contribution in [0.25, 0.3) is 0 Å². The largest absolute Gasteiger partial charge is 0.482 e. The number of nitrogens with zero attached hydrogens (tertiary/aromatic N) is 5. The molecule has 268 valence electrons. The number of carbonyl (C=O) groups is 3. The molecule has 0 unspecified atom stereocenters. The standard InChI is InChI=1S/C35H42F3N7O5/c1-5-32(46)45-14-13-43(19-23(45)3)20-30(28-9-8-25(18-40-28)24-6-7-24)50-29-16-22(2)26(17-27(29)33(47)39-11-15-49-4)34(48)41-31-10-12-44(42-31)21-35(36,37)38/h5,8-10,12,16-18,23-24,30H,1,6-7,11,13-15,19-21H2,2-4H3,(H,39,47)(H,41,42,48)/t23-,30-/m1/s1. The Hall–Kier alpha value is -4.76. The zero-order chi connectivity index (χ0) is 36.0. The molecule has 50 heavy (non-hydrogen) atoms. The van der Waals surface area contributed by atoms with Gasteiger partial charge >= 0.3 is 6.18 Å². The number of anilines is 1. The van der Waals surface area contributed by atoms with E-state index in [9.17, 15) is 27.6 Å². The number of carbonyl (C=O) groups excluding carboxylic acids is 3. The molecule has 0 spiro atoms. The second kappa shape index (κ2) is 15.9. The molecule has 3 aromatic rings. The number of ether oxygens (including phenoxy) is 2. The van der Waals surface area contributed by atoms with Crippen LogP contribution < -0.4 is 15.4 Å². The molecule has 1 aromatic carbocycles. The van der Waals surface area contributed by atoms with Gasteiger partial charge in [-0.25, -0.2) is 0 Å². The number of piperazine rings is 1. The van der Waals surface area contributed by atoms with E-state index in [1.54, 1.807) is 17.9 Å². The highest BCUT2D eigenvalue weighted by molar-refractivity contribution is 6.07. The minimum Gasteiger partial charge on any atom is -0.482 e. The van der Waals surface area contributed by atoms with Gasteiger partial charge < -0.3 is 25.0 Å². The summed E-state index contributed by atoms with van der Waals surface area (Å²) >= 11 is 0. The Morgan fingerprint density at radius 2 is 1.90 bits per heavy atom. The van der Waals surface area contributed by atoms with Crippen LogP contribution in [-0.2, 0) is 16.1 Å². The highest BCUT2D eigenvalue weighted by atomic mass is 19.4. The van der Waals surface area contributed by atoms with Crippen molar-refractivity contribution >= 4 is 23.5 Å². The SMILES string of the molecule is C=CC(=O)N1CCN(C[C@@H](Oc2cc(C)c(C(=O)Nc3ccn(CC(F)(F)F)n3)cc2C(=O)NCCOC)c2ccc(C3CC3)cn2)C[C@H]1C. The molecule has 1 aliphatic heterocycles. The predicted octanol–water partition coefficient (Wildman–Crippen LogP) is 4.49. The number of amides is 3. The van der Waals surface area contributed by atoms with Gasteiger partial charge in [-0.15, -0.1) is 0 Å². The number of hydrogen-bond donors (Lipinski definition) is 2. The zero-order valence-corrected chi connectivity index (χ0v) is 28.3. The lowest BCUT2D eigenvalue weighted by atomic mass is 10.0. The number of rotatable bonds is 14. The molecule has 15 heteroatoms. The van der Waals surface area contributed by atoms with Gasteiger partial charge in [-0.2, -0.15) is 18.3 Å². The van der Waals surface area contributed by atoms with Gasteiger partial charge in [-0.1, -0.05) is 12.6 Å². The van der Waals surface area contributed by atoms with Crippen molar-refractivity contribution in [3.05, 3.63) is 83.3 Å². The van der Waals surface area contributed by atoms with Gasteiger partial charge in [0.2, 0.25) is 5.91 Å². The number of halogens is 3. The van der Waals surface area contributed by atoms with Crippen LogP contribution in [0.5, 0.6) is 5.75 Å². The van der Waals surface area contributed by atoms with E-state index < -0.39 is 30.6 Å². The number of alkyl halides is 3. The first-order valence-corrected chi connectivity index (χ1v) is 16.5. The molecule has 2 atom stereocenters. The van der Waals surface area contributed by atoms with Gasteiger partial charge in [0, 0.05) is 69.9 Å². The third-order valence-corrected chi connectivity index (χ3v) is 8.68. The molecular formula is C35H42F3N7O5. The number of pyridine rings is 1. The Morgan fingerprint density at radius 3 is 2.54 bits per heavy atom. The van der Waals surface area contributed by atoms with Crippen molar-refractivity contribution in [3.8, 4) is 5.75 Å². The lowest BCUT2D eigenvalue weighted by Gasteiger charge is -2.40. The number of benzene rings is 1. The van der Waals surface area contributed by atoms with Gasteiger partial charge in [0.05, 0.1) is 17.9 Å². The van der Waals surface area contributed by atoms with E-state index in [0.717, 1.165) is 24.6 Å². The molecular weight excluding hydrogens is 655 g/mol. The second-order valence-electron chi connectivity index (χ2n) is 12.6. The monoisotopic (exact) mass is 697 g/mol. The first-order valence-electron chi connectivity index (χ1n) is 16.5.